The lowest BCUT2D eigenvalue weighted by atomic mass is 10.1. The van der Waals surface area contributed by atoms with Gasteiger partial charge in [-0.15, -0.1) is 0 Å². The number of hydrazine groups is 1. The normalized spacial score (nSPS) is 11.5. The number of carbonyl (C=O) groups excluding carboxylic acids is 3. The molecule has 0 fully saturated rings. The van der Waals surface area contributed by atoms with Crippen molar-refractivity contribution >= 4 is 17.7 Å². The second-order valence-corrected chi connectivity index (χ2v) is 4.11. The van der Waals surface area contributed by atoms with Crippen molar-refractivity contribution in [3.8, 4) is 0 Å². The highest BCUT2D eigenvalue weighted by Gasteiger charge is 2.21. The quantitative estimate of drug-likeness (QED) is 0.382. The summed E-state index contributed by atoms with van der Waals surface area (Å²) in [5.41, 5.74) is 10.4. The number of aromatic amines is 1. The van der Waals surface area contributed by atoms with E-state index in [1.807, 2.05) is 0 Å². The van der Waals surface area contributed by atoms with E-state index in [0.29, 0.717) is 5.69 Å². The molecular formula is C11H18N6O3. The average molecular weight is 282 g/mol. The van der Waals surface area contributed by atoms with Crippen LogP contribution >= 0.6 is 0 Å². The molecule has 0 saturated carbocycles. The molecule has 20 heavy (non-hydrogen) atoms. The minimum atomic E-state index is -0.832. The zero-order valence-corrected chi connectivity index (χ0v) is 11.1. The number of H-pyrrole nitrogens is 1. The van der Waals surface area contributed by atoms with Crippen LogP contribution < -0.4 is 21.9 Å². The molecule has 9 nitrogen and oxygen atoms in total. The molecule has 1 heterocycles. The van der Waals surface area contributed by atoms with E-state index in [1.165, 1.54) is 13.3 Å². The van der Waals surface area contributed by atoms with E-state index in [0.717, 1.165) is 0 Å². The van der Waals surface area contributed by atoms with Crippen LogP contribution in [0.15, 0.2) is 12.5 Å². The van der Waals surface area contributed by atoms with E-state index in [1.54, 1.807) is 6.20 Å². The lowest BCUT2D eigenvalue weighted by Crippen LogP contribution is -2.53. The number of hydrogen-bond donors (Lipinski definition) is 5. The molecule has 9 heteroatoms. The van der Waals surface area contributed by atoms with Crippen molar-refractivity contribution < 1.29 is 14.4 Å². The molecule has 110 valence electrons. The maximum absolute atomic E-state index is 11.9. The molecule has 0 radical (unpaired) electrons. The Morgan fingerprint density at radius 3 is 2.70 bits per heavy atom. The first-order chi connectivity index (χ1) is 9.52. The number of nitrogens with two attached hydrogens (primary N) is 1. The fourth-order valence-corrected chi connectivity index (χ4v) is 1.46. The number of carbonyl (C=O) groups is 3. The molecule has 0 aromatic carbocycles. The third kappa shape index (κ3) is 5.48. The third-order valence-corrected chi connectivity index (χ3v) is 2.36. The highest BCUT2D eigenvalue weighted by atomic mass is 16.2. The van der Waals surface area contributed by atoms with Crippen molar-refractivity contribution in [2.75, 3.05) is 6.54 Å². The third-order valence-electron chi connectivity index (χ3n) is 2.36. The predicted octanol–water partition coefficient (Wildman–Crippen LogP) is -2.05. The fourth-order valence-electron chi connectivity index (χ4n) is 1.46. The van der Waals surface area contributed by atoms with Gasteiger partial charge in [-0.1, -0.05) is 0 Å². The Labute approximate surface area is 115 Å². The van der Waals surface area contributed by atoms with Crippen LogP contribution in [-0.4, -0.2) is 40.3 Å². The maximum Gasteiger partial charge on any atom is 0.261 e. The van der Waals surface area contributed by atoms with Gasteiger partial charge in [0.15, 0.2) is 0 Å². The van der Waals surface area contributed by atoms with Crippen molar-refractivity contribution in [3.05, 3.63) is 18.2 Å². The summed E-state index contributed by atoms with van der Waals surface area (Å²) in [5.74, 6) is -1.28. The van der Waals surface area contributed by atoms with Crippen molar-refractivity contribution in [1.29, 1.82) is 0 Å². The number of aromatic nitrogens is 2. The van der Waals surface area contributed by atoms with Crippen LogP contribution in [0.4, 0.5) is 0 Å². The van der Waals surface area contributed by atoms with E-state index in [4.69, 9.17) is 5.73 Å². The van der Waals surface area contributed by atoms with E-state index in [-0.39, 0.29) is 25.3 Å². The molecule has 0 aliphatic carbocycles. The van der Waals surface area contributed by atoms with Gasteiger partial charge in [-0.3, -0.25) is 25.2 Å². The Hall–Kier alpha value is -2.42. The van der Waals surface area contributed by atoms with Gasteiger partial charge in [0.1, 0.15) is 6.04 Å². The van der Waals surface area contributed by atoms with Gasteiger partial charge < -0.3 is 16.0 Å². The molecule has 1 aromatic rings. The summed E-state index contributed by atoms with van der Waals surface area (Å²) in [5, 5.41) is 2.55. The van der Waals surface area contributed by atoms with E-state index in [9.17, 15) is 14.4 Å². The van der Waals surface area contributed by atoms with Crippen molar-refractivity contribution in [2.45, 2.75) is 25.8 Å². The Morgan fingerprint density at radius 2 is 2.15 bits per heavy atom. The first-order valence-corrected chi connectivity index (χ1v) is 6.06. The Morgan fingerprint density at radius 1 is 1.40 bits per heavy atom. The molecule has 0 aliphatic rings. The smallest absolute Gasteiger partial charge is 0.261 e. The molecule has 0 aliphatic heterocycles. The van der Waals surface area contributed by atoms with Crippen molar-refractivity contribution in [2.24, 2.45) is 5.73 Å². The largest absolute Gasteiger partial charge is 0.348 e. The minimum absolute atomic E-state index is 0.118. The zero-order chi connectivity index (χ0) is 15.0. The fraction of sp³-hybridized carbons (Fsp3) is 0.455. The number of hydrogen-bond acceptors (Lipinski definition) is 5. The second-order valence-electron chi connectivity index (χ2n) is 4.11. The monoisotopic (exact) mass is 282 g/mol. The average Bonchev–Trinajstić information content (AvgIpc) is 2.88. The SMILES string of the molecule is CC(=O)NNC(=O)[C@H](Cc1cnc[nH]1)NC(=O)CCN. The van der Waals surface area contributed by atoms with Gasteiger partial charge in [0.2, 0.25) is 11.8 Å². The molecule has 0 saturated heterocycles. The van der Waals surface area contributed by atoms with Crippen LogP contribution in [0.25, 0.3) is 0 Å². The van der Waals surface area contributed by atoms with Crippen LogP contribution in [-0.2, 0) is 20.8 Å². The number of amides is 3. The summed E-state index contributed by atoms with van der Waals surface area (Å²) in [6, 6.07) is -0.832. The van der Waals surface area contributed by atoms with Crippen molar-refractivity contribution in [1.82, 2.24) is 26.1 Å². The molecule has 0 spiro atoms. The maximum atomic E-state index is 11.9. The van der Waals surface area contributed by atoms with Gasteiger partial charge >= 0.3 is 0 Å². The second kappa shape index (κ2) is 7.89. The number of imidazole rings is 1. The van der Waals surface area contributed by atoms with Gasteiger partial charge in [-0.2, -0.15) is 0 Å². The lowest BCUT2D eigenvalue weighted by molar-refractivity contribution is -0.131. The molecule has 6 N–H and O–H groups in total. The summed E-state index contributed by atoms with van der Waals surface area (Å²) < 4.78 is 0. The van der Waals surface area contributed by atoms with Crippen LogP contribution in [0.1, 0.15) is 19.0 Å². The first-order valence-electron chi connectivity index (χ1n) is 6.06. The number of rotatable bonds is 6. The summed E-state index contributed by atoms with van der Waals surface area (Å²) in [6.07, 6.45) is 3.36. The molecular weight excluding hydrogens is 264 g/mol. The summed E-state index contributed by atoms with van der Waals surface area (Å²) in [4.78, 5) is 40.9. The van der Waals surface area contributed by atoms with Gasteiger partial charge in [0.05, 0.1) is 6.33 Å². The molecule has 1 rings (SSSR count). The molecule has 1 aromatic heterocycles. The summed E-state index contributed by atoms with van der Waals surface area (Å²) in [7, 11) is 0. The number of nitrogens with one attached hydrogen (secondary N) is 4. The Kier molecular flexibility index (Phi) is 6.17. The minimum Gasteiger partial charge on any atom is -0.348 e. The van der Waals surface area contributed by atoms with E-state index in [2.05, 4.69) is 26.1 Å². The van der Waals surface area contributed by atoms with Gasteiger partial charge in [0.25, 0.3) is 5.91 Å². The van der Waals surface area contributed by atoms with Crippen molar-refractivity contribution in [3.63, 3.8) is 0 Å². The topological polar surface area (TPSA) is 142 Å². The standard InChI is InChI=1S/C11H18N6O3/c1-7(18)16-17-11(20)9(15-10(19)2-3-12)4-8-5-13-6-14-8/h5-6,9H,2-4,12H2,1H3,(H,13,14)(H,15,19)(H,16,18)(H,17,20)/t9-/m0/s1. The van der Waals surface area contributed by atoms with Gasteiger partial charge in [0, 0.05) is 38.2 Å². The molecule has 0 bridgehead atoms. The molecule has 0 unspecified atom stereocenters. The zero-order valence-electron chi connectivity index (χ0n) is 11.1. The van der Waals surface area contributed by atoms with Crippen LogP contribution in [0.3, 0.4) is 0 Å². The van der Waals surface area contributed by atoms with E-state index >= 15 is 0 Å². The Balaban J connectivity index is 2.64. The highest BCUT2D eigenvalue weighted by molar-refractivity contribution is 5.89. The van der Waals surface area contributed by atoms with Crippen LogP contribution in [0.2, 0.25) is 0 Å². The molecule has 1 atom stereocenters. The number of nitrogens with zero attached hydrogens (tertiary/aromatic N) is 1. The van der Waals surface area contributed by atoms with Gasteiger partial charge in [-0.05, 0) is 0 Å². The Bertz CT molecular complexity index is 459. The van der Waals surface area contributed by atoms with Crippen LogP contribution in [0.5, 0.6) is 0 Å². The highest BCUT2D eigenvalue weighted by Crippen LogP contribution is 1.99. The predicted molar refractivity (Wildman–Crippen MR) is 69.9 cm³/mol. The van der Waals surface area contributed by atoms with Gasteiger partial charge in [-0.25, -0.2) is 4.98 Å². The summed E-state index contributed by atoms with van der Waals surface area (Å²) in [6.45, 7) is 1.45. The molecule has 3 amide bonds. The first kappa shape index (κ1) is 15.6. The van der Waals surface area contributed by atoms with Crippen LogP contribution in [0, 0.1) is 0 Å². The lowest BCUT2D eigenvalue weighted by Gasteiger charge is -2.17. The summed E-state index contributed by atoms with van der Waals surface area (Å²) >= 11 is 0. The van der Waals surface area contributed by atoms with E-state index < -0.39 is 17.9 Å².